The van der Waals surface area contributed by atoms with Crippen LogP contribution in [0.1, 0.15) is 0 Å². The first kappa shape index (κ1) is 15.4. The second kappa shape index (κ2) is 7.73. The van der Waals surface area contributed by atoms with Gasteiger partial charge in [0.05, 0.1) is 19.4 Å². The summed E-state index contributed by atoms with van der Waals surface area (Å²) >= 11 is 0. The van der Waals surface area contributed by atoms with Gasteiger partial charge < -0.3 is 24.6 Å². The Kier molecular flexibility index (Phi) is 5.68. The molecule has 0 radical (unpaired) electrons. The molecule has 0 atom stereocenters. The van der Waals surface area contributed by atoms with Crippen molar-refractivity contribution in [1.82, 2.24) is 10.2 Å². The van der Waals surface area contributed by atoms with E-state index in [1.165, 1.54) is 0 Å². The van der Waals surface area contributed by atoms with Crippen LogP contribution in [-0.4, -0.2) is 64.5 Å². The average molecular weight is 293 g/mol. The number of amides is 2. The van der Waals surface area contributed by atoms with E-state index in [0.717, 1.165) is 24.5 Å². The quantitative estimate of drug-likeness (QED) is 0.828. The van der Waals surface area contributed by atoms with Gasteiger partial charge in [0, 0.05) is 39.8 Å². The number of carbonyl (C=O) groups excluding carboxylic acids is 1. The van der Waals surface area contributed by atoms with Gasteiger partial charge in [-0.3, -0.25) is 0 Å². The molecule has 1 N–H and O–H groups in total. The summed E-state index contributed by atoms with van der Waals surface area (Å²) in [6.45, 7) is 4.10. The van der Waals surface area contributed by atoms with Crippen molar-refractivity contribution in [2.75, 3.05) is 58.5 Å². The van der Waals surface area contributed by atoms with Crippen molar-refractivity contribution in [2.45, 2.75) is 0 Å². The zero-order valence-corrected chi connectivity index (χ0v) is 12.7. The summed E-state index contributed by atoms with van der Waals surface area (Å²) in [6, 6.07) is 7.95. The summed E-state index contributed by atoms with van der Waals surface area (Å²) < 4.78 is 10.3. The number of anilines is 1. The van der Waals surface area contributed by atoms with E-state index in [9.17, 15) is 4.79 Å². The maximum absolute atomic E-state index is 12.0. The van der Waals surface area contributed by atoms with Crippen LogP contribution in [0.4, 0.5) is 10.5 Å². The number of methoxy groups -OCH3 is 2. The molecule has 1 aliphatic rings. The number of rotatable bonds is 5. The monoisotopic (exact) mass is 293 g/mol. The van der Waals surface area contributed by atoms with Crippen LogP contribution in [0, 0.1) is 0 Å². The lowest BCUT2D eigenvalue weighted by Crippen LogP contribution is -2.52. The fraction of sp³-hybridized carbons (Fsp3) is 0.533. The number of para-hydroxylation sites is 2. The molecule has 0 saturated carbocycles. The third-order valence-electron chi connectivity index (χ3n) is 3.58. The number of ether oxygens (including phenoxy) is 2. The van der Waals surface area contributed by atoms with Crippen molar-refractivity contribution in [2.24, 2.45) is 0 Å². The summed E-state index contributed by atoms with van der Waals surface area (Å²) in [7, 11) is 3.30. The van der Waals surface area contributed by atoms with Gasteiger partial charge in [-0.25, -0.2) is 4.79 Å². The van der Waals surface area contributed by atoms with Crippen molar-refractivity contribution >= 4 is 11.7 Å². The van der Waals surface area contributed by atoms with Crippen LogP contribution in [0.25, 0.3) is 0 Å². The smallest absolute Gasteiger partial charge is 0.317 e. The van der Waals surface area contributed by atoms with E-state index in [4.69, 9.17) is 9.47 Å². The Bertz CT molecular complexity index is 459. The number of carbonyl (C=O) groups is 1. The van der Waals surface area contributed by atoms with Gasteiger partial charge in [0.25, 0.3) is 0 Å². The Labute approximate surface area is 125 Å². The SMILES string of the molecule is COCCNC(=O)N1CCN(c2ccccc2OC)CC1. The lowest BCUT2D eigenvalue weighted by atomic mass is 10.2. The molecular formula is C15H23N3O3. The molecule has 21 heavy (non-hydrogen) atoms. The van der Waals surface area contributed by atoms with E-state index >= 15 is 0 Å². The van der Waals surface area contributed by atoms with Gasteiger partial charge in [-0.1, -0.05) is 12.1 Å². The van der Waals surface area contributed by atoms with Crippen LogP contribution in [0.2, 0.25) is 0 Å². The first-order valence-corrected chi connectivity index (χ1v) is 7.16. The van der Waals surface area contributed by atoms with Crippen molar-refractivity contribution in [3.8, 4) is 5.75 Å². The Morgan fingerprint density at radius 1 is 1.19 bits per heavy atom. The van der Waals surface area contributed by atoms with E-state index in [2.05, 4.69) is 10.2 Å². The van der Waals surface area contributed by atoms with Crippen molar-refractivity contribution in [3.63, 3.8) is 0 Å². The Hall–Kier alpha value is -1.95. The first-order chi connectivity index (χ1) is 10.3. The molecule has 116 valence electrons. The molecule has 0 aliphatic carbocycles. The lowest BCUT2D eigenvalue weighted by molar-refractivity contribution is 0.177. The van der Waals surface area contributed by atoms with Crippen molar-refractivity contribution < 1.29 is 14.3 Å². The van der Waals surface area contributed by atoms with Gasteiger partial charge in [-0.05, 0) is 12.1 Å². The molecule has 1 aromatic rings. The molecular weight excluding hydrogens is 270 g/mol. The fourth-order valence-electron chi connectivity index (χ4n) is 2.41. The van der Waals surface area contributed by atoms with Gasteiger partial charge in [0.15, 0.2) is 0 Å². The number of nitrogens with zero attached hydrogens (tertiary/aromatic N) is 2. The fourth-order valence-corrected chi connectivity index (χ4v) is 2.41. The maximum atomic E-state index is 12.0. The third-order valence-corrected chi connectivity index (χ3v) is 3.58. The second-order valence-corrected chi connectivity index (χ2v) is 4.87. The van der Waals surface area contributed by atoms with Crippen LogP contribution < -0.4 is 15.0 Å². The summed E-state index contributed by atoms with van der Waals surface area (Å²) in [6.07, 6.45) is 0. The van der Waals surface area contributed by atoms with Crippen LogP contribution >= 0.6 is 0 Å². The number of hydrogen-bond donors (Lipinski definition) is 1. The molecule has 2 amide bonds. The number of hydrogen-bond acceptors (Lipinski definition) is 4. The number of nitrogens with one attached hydrogen (secondary N) is 1. The van der Waals surface area contributed by atoms with E-state index < -0.39 is 0 Å². The molecule has 6 nitrogen and oxygen atoms in total. The van der Waals surface area contributed by atoms with Gasteiger partial charge in [-0.15, -0.1) is 0 Å². The van der Waals surface area contributed by atoms with E-state index in [-0.39, 0.29) is 6.03 Å². The molecule has 0 aromatic heterocycles. The maximum Gasteiger partial charge on any atom is 0.317 e. The van der Waals surface area contributed by atoms with Gasteiger partial charge >= 0.3 is 6.03 Å². The van der Waals surface area contributed by atoms with Crippen LogP contribution in [0.3, 0.4) is 0 Å². The minimum atomic E-state index is -0.0215. The predicted molar refractivity (Wildman–Crippen MR) is 82.1 cm³/mol. The molecule has 1 aliphatic heterocycles. The zero-order chi connectivity index (χ0) is 15.1. The van der Waals surface area contributed by atoms with Gasteiger partial charge in [0.2, 0.25) is 0 Å². The highest BCUT2D eigenvalue weighted by atomic mass is 16.5. The molecule has 6 heteroatoms. The molecule has 2 rings (SSSR count). The first-order valence-electron chi connectivity index (χ1n) is 7.16. The highest BCUT2D eigenvalue weighted by Gasteiger charge is 2.22. The van der Waals surface area contributed by atoms with Crippen LogP contribution in [0.5, 0.6) is 5.75 Å². The number of benzene rings is 1. The van der Waals surface area contributed by atoms with E-state index in [1.807, 2.05) is 29.2 Å². The largest absolute Gasteiger partial charge is 0.495 e. The summed E-state index contributed by atoms with van der Waals surface area (Å²) in [5.74, 6) is 0.871. The zero-order valence-electron chi connectivity index (χ0n) is 12.7. The second-order valence-electron chi connectivity index (χ2n) is 4.87. The molecule has 0 spiro atoms. The van der Waals surface area contributed by atoms with E-state index in [0.29, 0.717) is 26.2 Å². The Balaban J connectivity index is 1.87. The molecule has 0 unspecified atom stereocenters. The van der Waals surface area contributed by atoms with Crippen molar-refractivity contribution in [1.29, 1.82) is 0 Å². The predicted octanol–water partition coefficient (Wildman–Crippen LogP) is 1.17. The minimum absolute atomic E-state index is 0.0215. The van der Waals surface area contributed by atoms with Crippen LogP contribution in [0.15, 0.2) is 24.3 Å². The van der Waals surface area contributed by atoms with E-state index in [1.54, 1.807) is 14.2 Å². The highest BCUT2D eigenvalue weighted by molar-refractivity contribution is 5.74. The topological polar surface area (TPSA) is 54.0 Å². The normalized spacial score (nSPS) is 15.0. The summed E-state index contributed by atoms with van der Waals surface area (Å²) in [5.41, 5.74) is 1.08. The summed E-state index contributed by atoms with van der Waals surface area (Å²) in [5, 5.41) is 2.85. The average Bonchev–Trinajstić information content (AvgIpc) is 2.55. The molecule has 1 saturated heterocycles. The lowest BCUT2D eigenvalue weighted by Gasteiger charge is -2.36. The minimum Gasteiger partial charge on any atom is -0.495 e. The van der Waals surface area contributed by atoms with Crippen molar-refractivity contribution in [3.05, 3.63) is 24.3 Å². The Morgan fingerprint density at radius 3 is 2.57 bits per heavy atom. The van der Waals surface area contributed by atoms with Gasteiger partial charge in [-0.2, -0.15) is 0 Å². The molecule has 0 bridgehead atoms. The third kappa shape index (κ3) is 4.01. The standard InChI is InChI=1S/C15H23N3O3/c1-20-12-7-16-15(19)18-10-8-17(9-11-18)13-5-3-4-6-14(13)21-2/h3-6H,7-12H2,1-2H3,(H,16,19). The Morgan fingerprint density at radius 2 is 1.90 bits per heavy atom. The summed E-state index contributed by atoms with van der Waals surface area (Å²) in [4.78, 5) is 16.0. The molecule has 1 heterocycles. The molecule has 1 fully saturated rings. The van der Waals surface area contributed by atoms with Crippen LogP contribution in [-0.2, 0) is 4.74 Å². The number of urea groups is 1. The highest BCUT2D eigenvalue weighted by Crippen LogP contribution is 2.28. The molecule has 1 aromatic carbocycles. The number of piperazine rings is 1. The van der Waals surface area contributed by atoms with Gasteiger partial charge in [0.1, 0.15) is 5.75 Å².